The van der Waals surface area contributed by atoms with E-state index in [1.54, 1.807) is 30.3 Å². The predicted molar refractivity (Wildman–Crippen MR) is 147 cm³/mol. The summed E-state index contributed by atoms with van der Waals surface area (Å²) in [5.41, 5.74) is 0.333. The highest BCUT2D eigenvalue weighted by Gasteiger charge is 2.60. The van der Waals surface area contributed by atoms with E-state index in [1.165, 1.54) is 18.3 Å². The molecule has 1 aromatic heterocycles. The molecule has 2 amide bonds. The Labute approximate surface area is 229 Å². The van der Waals surface area contributed by atoms with E-state index < -0.39 is 23.3 Å². The number of hydrogen-bond acceptors (Lipinski definition) is 4. The van der Waals surface area contributed by atoms with E-state index >= 15 is 4.39 Å². The average molecular weight is 557 g/mol. The largest absolute Gasteiger partial charge is 0.329 e. The minimum Gasteiger partial charge on any atom is -0.329 e. The van der Waals surface area contributed by atoms with Crippen molar-refractivity contribution in [2.24, 2.45) is 5.41 Å². The Balaban J connectivity index is 1.65. The van der Waals surface area contributed by atoms with E-state index in [1.807, 2.05) is 0 Å². The Morgan fingerprint density at radius 3 is 2.61 bits per heavy atom. The summed E-state index contributed by atoms with van der Waals surface area (Å²) >= 11 is 12.5. The van der Waals surface area contributed by atoms with Crippen LogP contribution in [0.25, 0.3) is 11.1 Å². The normalized spacial score (nSPS) is 22.4. The zero-order valence-corrected chi connectivity index (χ0v) is 22.6. The first-order valence-electron chi connectivity index (χ1n) is 12.2. The molecule has 0 saturated carbocycles. The van der Waals surface area contributed by atoms with Crippen LogP contribution < -0.4 is 21.5 Å². The van der Waals surface area contributed by atoms with Gasteiger partial charge in [0.2, 0.25) is 17.4 Å². The fourth-order valence-electron chi connectivity index (χ4n) is 5.66. The SMILES string of the molecule is CC(C)(C)C[C@@H]1N[C@@H](C(=O)Nc2cc[nH]c(=O)c2)CC12C(=O)Nc1cc(Cl)cc(-c3cccc(Cl)c3F)c12. The third-order valence-corrected chi connectivity index (χ3v) is 7.65. The van der Waals surface area contributed by atoms with Crippen molar-refractivity contribution in [1.29, 1.82) is 0 Å². The highest BCUT2D eigenvalue weighted by molar-refractivity contribution is 6.32. The van der Waals surface area contributed by atoms with Crippen molar-refractivity contribution in [3.05, 3.63) is 80.4 Å². The molecule has 7 nitrogen and oxygen atoms in total. The lowest BCUT2D eigenvalue weighted by Gasteiger charge is -2.34. The van der Waals surface area contributed by atoms with Gasteiger partial charge in [-0.15, -0.1) is 0 Å². The van der Waals surface area contributed by atoms with E-state index in [4.69, 9.17) is 23.2 Å². The van der Waals surface area contributed by atoms with Gasteiger partial charge < -0.3 is 20.9 Å². The Kier molecular flexibility index (Phi) is 6.62. The fourth-order valence-corrected chi connectivity index (χ4v) is 6.05. The second-order valence-electron chi connectivity index (χ2n) is 11.1. The zero-order chi connectivity index (χ0) is 27.4. The summed E-state index contributed by atoms with van der Waals surface area (Å²) in [4.78, 5) is 41.5. The van der Waals surface area contributed by atoms with Crippen molar-refractivity contribution in [3.63, 3.8) is 0 Å². The second kappa shape index (κ2) is 9.52. The second-order valence-corrected chi connectivity index (χ2v) is 11.9. The standard InChI is InChI=1S/C28H27Cl2FN4O3/c1-27(2,3)13-21-28(12-20(34-21)25(37)33-15-7-8-32-22(36)11-15)23-17(16-5-4-6-18(30)24(16)31)9-14(29)10-19(23)35-26(28)38/h4-11,20-21,34H,12-13H2,1-3H3,(H,35,38)(H2,32,33,36,37)/t20-,21+,28?/m1/s1. The molecule has 10 heteroatoms. The minimum absolute atomic E-state index is 0.0477. The number of carbonyl (C=O) groups is 2. The summed E-state index contributed by atoms with van der Waals surface area (Å²) in [6, 6.07) is 9.63. The molecule has 0 bridgehead atoms. The first-order chi connectivity index (χ1) is 17.9. The molecule has 1 spiro atoms. The molecule has 1 unspecified atom stereocenters. The first kappa shape index (κ1) is 26.4. The highest BCUT2D eigenvalue weighted by Crippen LogP contribution is 2.54. The molecule has 3 heterocycles. The number of anilines is 2. The molecule has 1 fully saturated rings. The van der Waals surface area contributed by atoms with Crippen LogP contribution in [0.15, 0.2) is 53.5 Å². The van der Waals surface area contributed by atoms with Gasteiger partial charge in [-0.2, -0.15) is 0 Å². The molecule has 5 rings (SSSR count). The van der Waals surface area contributed by atoms with Crippen LogP contribution in [0.5, 0.6) is 0 Å². The molecular weight excluding hydrogens is 530 g/mol. The maximum Gasteiger partial charge on any atom is 0.249 e. The maximum atomic E-state index is 15.3. The van der Waals surface area contributed by atoms with Crippen LogP contribution in [-0.2, 0) is 15.0 Å². The van der Waals surface area contributed by atoms with Crippen molar-refractivity contribution in [2.45, 2.75) is 51.1 Å². The summed E-state index contributed by atoms with van der Waals surface area (Å²) < 4.78 is 15.3. The number of carbonyl (C=O) groups excluding carboxylic acids is 2. The predicted octanol–water partition coefficient (Wildman–Crippen LogP) is 5.48. The number of aromatic nitrogens is 1. The van der Waals surface area contributed by atoms with E-state index in [2.05, 4.69) is 41.7 Å². The van der Waals surface area contributed by atoms with Gasteiger partial charge in [0.1, 0.15) is 5.82 Å². The van der Waals surface area contributed by atoms with Crippen LogP contribution in [0.3, 0.4) is 0 Å². The van der Waals surface area contributed by atoms with E-state index in [0.717, 1.165) is 0 Å². The van der Waals surface area contributed by atoms with Crippen LogP contribution in [-0.4, -0.2) is 28.9 Å². The van der Waals surface area contributed by atoms with E-state index in [0.29, 0.717) is 33.9 Å². The van der Waals surface area contributed by atoms with Gasteiger partial charge in [-0.05, 0) is 48.1 Å². The monoisotopic (exact) mass is 556 g/mol. The van der Waals surface area contributed by atoms with Crippen molar-refractivity contribution in [1.82, 2.24) is 10.3 Å². The van der Waals surface area contributed by atoms with E-state index in [9.17, 15) is 14.4 Å². The molecular formula is C28H27Cl2FN4O3. The number of hydrogen-bond donors (Lipinski definition) is 4. The van der Waals surface area contributed by atoms with Gasteiger partial charge in [-0.1, -0.05) is 56.1 Å². The van der Waals surface area contributed by atoms with Crippen LogP contribution in [0.2, 0.25) is 10.0 Å². The quantitative estimate of drug-likeness (QED) is 0.341. The van der Waals surface area contributed by atoms with Gasteiger partial charge in [-0.3, -0.25) is 14.4 Å². The van der Waals surface area contributed by atoms with Crippen molar-refractivity contribution in [3.8, 4) is 11.1 Å². The summed E-state index contributed by atoms with van der Waals surface area (Å²) in [6.07, 6.45) is 2.12. The summed E-state index contributed by atoms with van der Waals surface area (Å²) in [5.74, 6) is -1.28. The molecule has 3 atom stereocenters. The molecule has 3 aromatic rings. The number of amides is 2. The van der Waals surface area contributed by atoms with Crippen molar-refractivity contribution >= 4 is 46.4 Å². The minimum atomic E-state index is -1.19. The number of pyridine rings is 1. The Morgan fingerprint density at radius 2 is 1.89 bits per heavy atom. The van der Waals surface area contributed by atoms with Crippen LogP contribution in [0, 0.1) is 11.2 Å². The van der Waals surface area contributed by atoms with Crippen LogP contribution in [0.4, 0.5) is 15.8 Å². The van der Waals surface area contributed by atoms with Crippen LogP contribution >= 0.6 is 23.2 Å². The van der Waals surface area contributed by atoms with E-state index in [-0.39, 0.29) is 39.8 Å². The summed E-state index contributed by atoms with van der Waals surface area (Å²) in [5, 5.41) is 9.40. The first-order valence-corrected chi connectivity index (χ1v) is 13.0. The molecule has 2 aliphatic rings. The zero-order valence-electron chi connectivity index (χ0n) is 21.0. The molecule has 198 valence electrons. The lowest BCUT2D eigenvalue weighted by atomic mass is 9.68. The molecule has 1 saturated heterocycles. The number of benzene rings is 2. The number of aromatic amines is 1. The Bertz CT molecular complexity index is 1520. The fraction of sp³-hybridized carbons (Fsp3) is 0.321. The topological polar surface area (TPSA) is 103 Å². The highest BCUT2D eigenvalue weighted by atomic mass is 35.5. The van der Waals surface area contributed by atoms with Gasteiger partial charge in [0.25, 0.3) is 0 Å². The third-order valence-electron chi connectivity index (χ3n) is 7.14. The lowest BCUT2D eigenvalue weighted by molar-refractivity contribution is -0.121. The molecule has 2 aromatic carbocycles. The van der Waals surface area contributed by atoms with Crippen molar-refractivity contribution in [2.75, 3.05) is 10.6 Å². The number of nitrogens with one attached hydrogen (secondary N) is 4. The average Bonchev–Trinajstić information content (AvgIpc) is 3.32. The molecule has 4 N–H and O–H groups in total. The van der Waals surface area contributed by atoms with Crippen LogP contribution in [0.1, 0.15) is 39.2 Å². The summed E-state index contributed by atoms with van der Waals surface area (Å²) in [6.45, 7) is 6.16. The number of rotatable bonds is 4. The smallest absolute Gasteiger partial charge is 0.249 e. The van der Waals surface area contributed by atoms with Crippen molar-refractivity contribution < 1.29 is 14.0 Å². The van der Waals surface area contributed by atoms with Gasteiger partial charge >= 0.3 is 0 Å². The number of halogens is 3. The van der Waals surface area contributed by atoms with Gasteiger partial charge in [0.15, 0.2) is 0 Å². The van der Waals surface area contributed by atoms with Gasteiger partial charge in [0, 0.05) is 45.8 Å². The number of H-pyrrole nitrogens is 1. The maximum absolute atomic E-state index is 15.3. The van der Waals surface area contributed by atoms with Gasteiger partial charge in [-0.25, -0.2) is 4.39 Å². The third kappa shape index (κ3) is 4.61. The molecule has 0 aliphatic carbocycles. The molecule has 0 radical (unpaired) electrons. The van der Waals surface area contributed by atoms with Gasteiger partial charge in [0.05, 0.1) is 16.5 Å². The number of fused-ring (bicyclic) bond motifs is 2. The molecule has 38 heavy (non-hydrogen) atoms. The Hall–Kier alpha value is -3.20. The Morgan fingerprint density at radius 1 is 1.13 bits per heavy atom. The lowest BCUT2D eigenvalue weighted by Crippen LogP contribution is -2.48. The molecule has 2 aliphatic heterocycles. The summed E-state index contributed by atoms with van der Waals surface area (Å²) in [7, 11) is 0.